The molecule has 0 heterocycles. The number of nitrogens with two attached hydrogens (primary N) is 1. The van der Waals surface area contributed by atoms with E-state index in [2.05, 4.69) is 13.8 Å². The first-order valence-corrected chi connectivity index (χ1v) is 7.98. The fourth-order valence-electron chi connectivity index (χ4n) is 0.686. The molecule has 0 aromatic carbocycles. The zero-order valence-electron chi connectivity index (χ0n) is 7.11. The molecule has 0 aromatic heterocycles. The Bertz CT molecular complexity index is 60.5. The van der Waals surface area contributed by atoms with Gasteiger partial charge >= 0.3 is 35.6 Å². The van der Waals surface area contributed by atoms with E-state index in [0.717, 1.165) is 25.9 Å². The second-order valence-electron chi connectivity index (χ2n) is 2.11. The topological polar surface area (TPSA) is 29.3 Å². The molecule has 0 atom stereocenters. The minimum absolute atomic E-state index is 0.556. The Hall–Kier alpha value is 1.21. The van der Waals surface area contributed by atoms with Crippen LogP contribution in [-0.4, -0.2) is 18.1 Å². The van der Waals surface area contributed by atoms with Gasteiger partial charge < -0.3 is 0 Å². The molecule has 0 bridgehead atoms. The molecule has 0 unspecified atom stereocenters. The average Bonchev–Trinajstić information content (AvgIpc) is 1.90. The van der Waals surface area contributed by atoms with Gasteiger partial charge in [0.1, 0.15) is 0 Å². The molecule has 0 spiro atoms. The van der Waals surface area contributed by atoms with Gasteiger partial charge in [0.05, 0.1) is 0 Å². The monoisotopic (exact) mass is 234 g/mol. The first-order valence-electron chi connectivity index (χ1n) is 3.68. The van der Waals surface area contributed by atoms with Gasteiger partial charge in [-0.1, -0.05) is 13.8 Å². The van der Waals surface area contributed by atoms with E-state index in [1.165, 1.54) is 0 Å². The SMILES string of the molecule is CCCN(N)CCC.[Cl][Ti][Cl]. The van der Waals surface area contributed by atoms with E-state index in [1.54, 1.807) is 0 Å². The summed E-state index contributed by atoms with van der Waals surface area (Å²) in [5, 5.41) is 1.86. The number of halogens is 2. The molecule has 0 saturated carbocycles. The third kappa shape index (κ3) is 18.3. The van der Waals surface area contributed by atoms with Crippen LogP contribution in [-0.2, 0) is 17.0 Å². The Labute approximate surface area is 86.1 Å². The van der Waals surface area contributed by atoms with Gasteiger partial charge in [-0.15, -0.1) is 0 Å². The zero-order valence-corrected chi connectivity index (χ0v) is 10.2. The third-order valence-electron chi connectivity index (χ3n) is 1.02. The maximum absolute atomic E-state index is 5.53. The summed E-state index contributed by atoms with van der Waals surface area (Å²) in [5.74, 6) is 5.53. The molecule has 2 nitrogen and oxygen atoms in total. The summed E-state index contributed by atoms with van der Waals surface area (Å²) in [6, 6.07) is 0. The van der Waals surface area contributed by atoms with Crippen molar-refractivity contribution in [3.05, 3.63) is 0 Å². The summed E-state index contributed by atoms with van der Waals surface area (Å²) in [6.07, 6.45) is 2.30. The van der Waals surface area contributed by atoms with Crippen LogP contribution >= 0.6 is 18.6 Å². The summed E-state index contributed by atoms with van der Waals surface area (Å²) >= 11 is -0.556. The van der Waals surface area contributed by atoms with Crippen LogP contribution in [0, 0.1) is 0 Å². The molecule has 0 amide bonds. The molecule has 0 radical (unpaired) electrons. The van der Waals surface area contributed by atoms with Gasteiger partial charge in [-0.25, -0.2) is 5.01 Å². The van der Waals surface area contributed by atoms with E-state index >= 15 is 0 Å². The van der Waals surface area contributed by atoms with Crippen LogP contribution in [0.5, 0.6) is 0 Å². The molecule has 0 aliphatic heterocycles. The van der Waals surface area contributed by atoms with Crippen LogP contribution in [0.15, 0.2) is 0 Å². The van der Waals surface area contributed by atoms with Crippen molar-refractivity contribution < 1.29 is 17.0 Å². The van der Waals surface area contributed by atoms with Crippen LogP contribution in [0.1, 0.15) is 26.7 Å². The van der Waals surface area contributed by atoms with Gasteiger partial charge in [0.15, 0.2) is 0 Å². The molecule has 0 saturated heterocycles. The summed E-state index contributed by atoms with van der Waals surface area (Å²) in [5.41, 5.74) is 0. The van der Waals surface area contributed by atoms with Gasteiger partial charge in [-0.3, -0.25) is 5.84 Å². The second kappa shape index (κ2) is 13.8. The number of nitrogens with zero attached hydrogens (tertiary/aromatic N) is 1. The normalized spacial score (nSPS) is 8.91. The van der Waals surface area contributed by atoms with Crippen molar-refractivity contribution in [1.29, 1.82) is 0 Å². The van der Waals surface area contributed by atoms with E-state index < -0.39 is 17.0 Å². The molecule has 0 rings (SSSR count). The van der Waals surface area contributed by atoms with Crippen molar-refractivity contribution in [2.45, 2.75) is 26.7 Å². The zero-order chi connectivity index (χ0) is 9.11. The van der Waals surface area contributed by atoms with Crippen molar-refractivity contribution in [2.75, 3.05) is 13.1 Å². The fraction of sp³-hybridized carbons (Fsp3) is 1.00. The Morgan fingerprint density at radius 2 is 1.45 bits per heavy atom. The molecule has 0 aliphatic rings. The summed E-state index contributed by atoms with van der Waals surface area (Å²) < 4.78 is 0. The third-order valence-corrected chi connectivity index (χ3v) is 1.02. The van der Waals surface area contributed by atoms with Crippen LogP contribution in [0.25, 0.3) is 0 Å². The van der Waals surface area contributed by atoms with E-state index in [-0.39, 0.29) is 0 Å². The summed E-state index contributed by atoms with van der Waals surface area (Å²) in [4.78, 5) is 0. The summed E-state index contributed by atoms with van der Waals surface area (Å²) in [6.45, 7) is 6.31. The van der Waals surface area contributed by atoms with Gasteiger partial charge in [-0.05, 0) is 12.8 Å². The van der Waals surface area contributed by atoms with Crippen molar-refractivity contribution in [3.63, 3.8) is 0 Å². The first kappa shape index (κ1) is 14.7. The first-order chi connectivity index (χ1) is 5.22. The minimum atomic E-state index is -0.556. The van der Waals surface area contributed by atoms with Crippen molar-refractivity contribution >= 4 is 18.6 Å². The summed E-state index contributed by atoms with van der Waals surface area (Å²) in [7, 11) is 9.78. The van der Waals surface area contributed by atoms with Gasteiger partial charge in [0, 0.05) is 13.1 Å². The second-order valence-corrected chi connectivity index (χ2v) is 4.69. The molecule has 0 aromatic rings. The van der Waals surface area contributed by atoms with Crippen molar-refractivity contribution in [3.8, 4) is 0 Å². The Morgan fingerprint density at radius 1 is 1.18 bits per heavy atom. The maximum atomic E-state index is 5.53. The molecule has 5 heteroatoms. The van der Waals surface area contributed by atoms with Crippen LogP contribution in [0.2, 0.25) is 0 Å². The molecule has 68 valence electrons. The number of hydrogen-bond acceptors (Lipinski definition) is 2. The average molecular weight is 235 g/mol. The van der Waals surface area contributed by atoms with Gasteiger partial charge in [-0.2, -0.15) is 0 Å². The Morgan fingerprint density at radius 3 is 1.64 bits per heavy atom. The molecular weight excluding hydrogens is 219 g/mol. The Balaban J connectivity index is 0. The number of hydrogen-bond donors (Lipinski definition) is 1. The van der Waals surface area contributed by atoms with Crippen LogP contribution in [0.4, 0.5) is 0 Å². The van der Waals surface area contributed by atoms with E-state index in [4.69, 9.17) is 24.5 Å². The standard InChI is InChI=1S/C6H16N2.2ClH.Ti/c1-3-5-8(7)6-4-2;;;/h3-7H2,1-2H3;2*1H;/q;;;+2/p-2. The van der Waals surface area contributed by atoms with Crippen molar-refractivity contribution in [1.82, 2.24) is 5.01 Å². The molecule has 0 fully saturated rings. The predicted octanol–water partition coefficient (Wildman–Crippen LogP) is 2.36. The Kier molecular flexibility index (Phi) is 18.4. The fourth-order valence-corrected chi connectivity index (χ4v) is 0.686. The molecule has 0 aliphatic carbocycles. The van der Waals surface area contributed by atoms with Crippen LogP contribution < -0.4 is 5.84 Å². The van der Waals surface area contributed by atoms with Crippen LogP contribution in [0.3, 0.4) is 0 Å². The quantitative estimate of drug-likeness (QED) is 0.460. The van der Waals surface area contributed by atoms with Gasteiger partial charge in [0.2, 0.25) is 0 Å². The predicted molar refractivity (Wildman–Crippen MR) is 48.0 cm³/mol. The van der Waals surface area contributed by atoms with E-state index in [1.807, 2.05) is 5.01 Å². The number of rotatable bonds is 4. The van der Waals surface area contributed by atoms with Gasteiger partial charge in [0.25, 0.3) is 0 Å². The van der Waals surface area contributed by atoms with E-state index in [9.17, 15) is 0 Å². The molecule has 2 N–H and O–H groups in total. The molecule has 11 heavy (non-hydrogen) atoms. The number of hydrazine groups is 1. The molecular formula is C6H16Cl2N2Ti. The van der Waals surface area contributed by atoms with E-state index in [0.29, 0.717) is 0 Å². The van der Waals surface area contributed by atoms with Crippen molar-refractivity contribution in [2.24, 2.45) is 5.84 Å².